The van der Waals surface area contributed by atoms with Crippen molar-refractivity contribution in [2.24, 2.45) is 5.41 Å². The minimum Gasteiger partial charge on any atom is -0.481 e. The minimum absolute atomic E-state index is 0.0274. The maximum Gasteiger partial charge on any atom is 0.317 e. The first-order chi connectivity index (χ1) is 8.92. The molecule has 0 aromatic rings. The van der Waals surface area contributed by atoms with Gasteiger partial charge in [0.05, 0.1) is 17.6 Å². The van der Waals surface area contributed by atoms with Gasteiger partial charge in [-0.2, -0.15) is 0 Å². The average Bonchev–Trinajstić information content (AvgIpc) is 2.75. The Morgan fingerprint density at radius 3 is 2.79 bits per heavy atom. The molecule has 0 radical (unpaired) electrons. The minimum atomic E-state index is -0.831. The third-order valence-corrected chi connectivity index (χ3v) is 4.19. The van der Waals surface area contributed by atoms with Crippen LogP contribution in [-0.4, -0.2) is 53.8 Å². The lowest BCUT2D eigenvalue weighted by atomic mass is 9.82. The molecular weight excluding hydrogens is 248 g/mol. The molecule has 2 heterocycles. The molecule has 2 N–H and O–H groups in total. The number of carbonyl (C=O) groups is 2. The number of piperidine rings is 1. The lowest BCUT2D eigenvalue weighted by Crippen LogP contribution is -2.54. The molecule has 2 aliphatic rings. The number of carboxylic acids is 1. The number of hydrogen-bond donors (Lipinski definition) is 2. The van der Waals surface area contributed by atoms with Crippen LogP contribution in [0.3, 0.4) is 0 Å². The molecule has 6 nitrogen and oxygen atoms in total. The summed E-state index contributed by atoms with van der Waals surface area (Å²) < 4.78 is 5.41. The van der Waals surface area contributed by atoms with E-state index in [0.717, 1.165) is 12.8 Å². The van der Waals surface area contributed by atoms with Crippen molar-refractivity contribution in [3.63, 3.8) is 0 Å². The normalized spacial score (nSPS) is 35.2. The second-order valence-electron chi connectivity index (χ2n) is 5.81. The average molecular weight is 270 g/mol. The molecule has 19 heavy (non-hydrogen) atoms. The highest BCUT2D eigenvalue weighted by molar-refractivity contribution is 5.78. The second-order valence-corrected chi connectivity index (χ2v) is 5.81. The zero-order valence-electron chi connectivity index (χ0n) is 11.5. The van der Waals surface area contributed by atoms with Crippen LogP contribution < -0.4 is 5.32 Å². The Kier molecular flexibility index (Phi) is 3.99. The Bertz CT molecular complexity index is 374. The van der Waals surface area contributed by atoms with Crippen LogP contribution >= 0.6 is 0 Å². The van der Waals surface area contributed by atoms with Gasteiger partial charge in [-0.1, -0.05) is 0 Å². The van der Waals surface area contributed by atoms with Crippen LogP contribution in [0.1, 0.15) is 33.1 Å². The van der Waals surface area contributed by atoms with Crippen molar-refractivity contribution in [2.75, 3.05) is 19.7 Å². The van der Waals surface area contributed by atoms with E-state index in [2.05, 4.69) is 5.32 Å². The van der Waals surface area contributed by atoms with Crippen LogP contribution in [-0.2, 0) is 9.53 Å². The number of likely N-dealkylation sites (tertiary alicyclic amines) is 1. The summed E-state index contributed by atoms with van der Waals surface area (Å²) in [5.41, 5.74) is -0.826. The molecular formula is C13H22N2O4. The maximum absolute atomic E-state index is 12.2. The Morgan fingerprint density at radius 2 is 2.21 bits per heavy atom. The molecule has 2 amide bonds. The van der Waals surface area contributed by atoms with Gasteiger partial charge < -0.3 is 20.1 Å². The van der Waals surface area contributed by atoms with Crippen molar-refractivity contribution in [2.45, 2.75) is 45.3 Å². The second kappa shape index (κ2) is 5.36. The van der Waals surface area contributed by atoms with E-state index in [-0.39, 0.29) is 24.7 Å². The first kappa shape index (κ1) is 14.1. The van der Waals surface area contributed by atoms with E-state index in [0.29, 0.717) is 19.6 Å². The number of rotatable bonds is 2. The van der Waals surface area contributed by atoms with E-state index in [9.17, 15) is 14.7 Å². The molecule has 0 aromatic heterocycles. The SMILES string of the molecule is CC1OCCC1NC(=O)N1CCCC(C)(C(=O)O)C1. The van der Waals surface area contributed by atoms with Gasteiger partial charge in [0.1, 0.15) is 0 Å². The summed E-state index contributed by atoms with van der Waals surface area (Å²) in [6.07, 6.45) is 2.19. The fourth-order valence-corrected chi connectivity index (χ4v) is 2.76. The van der Waals surface area contributed by atoms with Crippen molar-refractivity contribution in [1.82, 2.24) is 10.2 Å². The van der Waals surface area contributed by atoms with Gasteiger partial charge in [-0.15, -0.1) is 0 Å². The van der Waals surface area contributed by atoms with Crippen molar-refractivity contribution in [3.05, 3.63) is 0 Å². The zero-order chi connectivity index (χ0) is 14.0. The third kappa shape index (κ3) is 3.00. The topological polar surface area (TPSA) is 78.9 Å². The number of nitrogens with one attached hydrogen (secondary N) is 1. The van der Waals surface area contributed by atoms with E-state index >= 15 is 0 Å². The quantitative estimate of drug-likeness (QED) is 0.786. The Labute approximate surface area is 113 Å². The van der Waals surface area contributed by atoms with Gasteiger partial charge in [-0.3, -0.25) is 4.79 Å². The molecule has 0 saturated carbocycles. The summed E-state index contributed by atoms with van der Waals surface area (Å²) in [7, 11) is 0. The largest absolute Gasteiger partial charge is 0.481 e. The third-order valence-electron chi connectivity index (χ3n) is 4.19. The lowest BCUT2D eigenvalue weighted by Gasteiger charge is -2.38. The number of urea groups is 1. The Hall–Kier alpha value is -1.30. The zero-order valence-corrected chi connectivity index (χ0v) is 11.5. The molecule has 2 fully saturated rings. The summed E-state index contributed by atoms with van der Waals surface area (Å²) in [6.45, 7) is 5.21. The maximum atomic E-state index is 12.2. The monoisotopic (exact) mass is 270 g/mol. The molecule has 108 valence electrons. The van der Waals surface area contributed by atoms with Crippen molar-refractivity contribution in [3.8, 4) is 0 Å². The van der Waals surface area contributed by atoms with Crippen molar-refractivity contribution < 1.29 is 19.4 Å². The predicted molar refractivity (Wildman–Crippen MR) is 68.9 cm³/mol. The van der Waals surface area contributed by atoms with Crippen LogP contribution in [0.4, 0.5) is 4.79 Å². The highest BCUT2D eigenvalue weighted by Crippen LogP contribution is 2.29. The van der Waals surface area contributed by atoms with Crippen LogP contribution in [0.25, 0.3) is 0 Å². The van der Waals surface area contributed by atoms with Crippen LogP contribution in [0.5, 0.6) is 0 Å². The van der Waals surface area contributed by atoms with Gasteiger partial charge in [0.2, 0.25) is 0 Å². The van der Waals surface area contributed by atoms with Gasteiger partial charge in [-0.25, -0.2) is 4.79 Å². The van der Waals surface area contributed by atoms with E-state index in [1.807, 2.05) is 6.92 Å². The number of carboxylic acid groups (broad SMARTS) is 1. The number of nitrogens with zero attached hydrogens (tertiary/aromatic N) is 1. The number of amides is 2. The molecule has 0 aliphatic carbocycles. The number of ether oxygens (including phenoxy) is 1. The van der Waals surface area contributed by atoms with Gasteiger partial charge in [0, 0.05) is 19.7 Å². The number of hydrogen-bond acceptors (Lipinski definition) is 3. The smallest absolute Gasteiger partial charge is 0.317 e. The summed E-state index contributed by atoms with van der Waals surface area (Å²) in [5.74, 6) is -0.831. The molecule has 0 bridgehead atoms. The summed E-state index contributed by atoms with van der Waals surface area (Å²) >= 11 is 0. The van der Waals surface area contributed by atoms with E-state index in [4.69, 9.17) is 4.74 Å². The molecule has 3 unspecified atom stereocenters. The number of carbonyl (C=O) groups excluding carboxylic acids is 1. The van der Waals surface area contributed by atoms with Crippen LogP contribution in [0.2, 0.25) is 0 Å². The molecule has 6 heteroatoms. The van der Waals surface area contributed by atoms with E-state index in [1.54, 1.807) is 11.8 Å². The van der Waals surface area contributed by atoms with Crippen LogP contribution in [0.15, 0.2) is 0 Å². The highest BCUT2D eigenvalue weighted by Gasteiger charge is 2.40. The van der Waals surface area contributed by atoms with Gasteiger partial charge in [0.15, 0.2) is 0 Å². The first-order valence-corrected chi connectivity index (χ1v) is 6.83. The predicted octanol–water partition coefficient (Wildman–Crippen LogP) is 1.06. The lowest BCUT2D eigenvalue weighted by molar-refractivity contribution is -0.150. The van der Waals surface area contributed by atoms with Crippen molar-refractivity contribution >= 4 is 12.0 Å². The van der Waals surface area contributed by atoms with Crippen LogP contribution in [0, 0.1) is 5.41 Å². The van der Waals surface area contributed by atoms with E-state index in [1.165, 1.54) is 0 Å². The Balaban J connectivity index is 1.93. The fourth-order valence-electron chi connectivity index (χ4n) is 2.76. The summed E-state index contributed by atoms with van der Waals surface area (Å²) in [4.78, 5) is 25.1. The highest BCUT2D eigenvalue weighted by atomic mass is 16.5. The van der Waals surface area contributed by atoms with Gasteiger partial charge in [0.25, 0.3) is 0 Å². The molecule has 2 saturated heterocycles. The molecule has 2 rings (SSSR count). The Morgan fingerprint density at radius 1 is 1.47 bits per heavy atom. The first-order valence-electron chi connectivity index (χ1n) is 6.83. The van der Waals surface area contributed by atoms with Gasteiger partial charge in [-0.05, 0) is 33.1 Å². The van der Waals surface area contributed by atoms with Crippen molar-refractivity contribution in [1.29, 1.82) is 0 Å². The molecule has 0 spiro atoms. The molecule has 0 aromatic carbocycles. The number of aliphatic carboxylic acids is 1. The molecule has 2 aliphatic heterocycles. The summed E-state index contributed by atoms with van der Waals surface area (Å²) in [5, 5.41) is 12.2. The fraction of sp³-hybridized carbons (Fsp3) is 0.846. The van der Waals surface area contributed by atoms with E-state index < -0.39 is 11.4 Å². The standard InChI is InChI=1S/C13H22N2O4/c1-9-10(4-7-19-9)14-12(18)15-6-3-5-13(2,8-15)11(16)17/h9-10H,3-8H2,1-2H3,(H,14,18)(H,16,17). The summed E-state index contributed by atoms with van der Waals surface area (Å²) in [6, 6.07) is -0.139. The van der Waals surface area contributed by atoms with Gasteiger partial charge >= 0.3 is 12.0 Å². The molecule has 3 atom stereocenters.